The highest BCUT2D eigenvalue weighted by Gasteiger charge is 2.43. The molecular weight excluding hydrogens is 447 g/mol. The summed E-state index contributed by atoms with van der Waals surface area (Å²) < 4.78 is 52.8. The first-order valence-electron chi connectivity index (χ1n) is 12.3. The Bertz CT molecular complexity index is 1260. The van der Waals surface area contributed by atoms with E-state index in [1.165, 1.54) is 30.6 Å². The van der Waals surface area contributed by atoms with Gasteiger partial charge in [-0.15, -0.1) is 0 Å². The number of anilines is 2. The number of fused-ring (bicyclic) bond motifs is 1. The lowest BCUT2D eigenvalue weighted by atomic mass is 9.85. The molecule has 0 saturated carbocycles. The minimum atomic E-state index is -2.65. The summed E-state index contributed by atoms with van der Waals surface area (Å²) in [6, 6.07) is 7.41. The average Bonchev–Trinajstić information content (AvgIpc) is 3.24. The number of likely N-dealkylation sites (tertiary alicyclic amines) is 1. The number of ether oxygens (including phenoxy) is 3. The van der Waals surface area contributed by atoms with Crippen LogP contribution in [-0.2, 0) is 4.74 Å². The van der Waals surface area contributed by atoms with Crippen molar-refractivity contribution in [1.29, 1.82) is 0 Å². The van der Waals surface area contributed by atoms with Crippen LogP contribution < -0.4 is 14.8 Å². The zero-order valence-corrected chi connectivity index (χ0v) is 18.7. The van der Waals surface area contributed by atoms with Crippen molar-refractivity contribution < 1.29 is 22.7 Å². The number of halogens is 2. The maximum Gasteiger partial charge on any atom is 0.162 e. The SMILES string of the molecule is [2H]C([2H])([2H])Oc1cc2ncnc(Nc3ccc(F)c(Cl)c3)c2cc1OCCCN1CCC2(COC2)C1. The summed E-state index contributed by atoms with van der Waals surface area (Å²) in [5.74, 6) is 0.252. The van der Waals surface area contributed by atoms with E-state index in [-0.39, 0.29) is 16.5 Å². The standard InChI is InChI=1S/C24H26ClFN4O3/c1-31-21-11-20-17(23(28-15-27-20)29-16-3-4-19(26)18(25)9-16)10-22(21)33-8-2-6-30-7-5-24(12-30)13-32-14-24/h3-4,9-11,15H,2,5-8,12-14H2,1H3,(H,27,28,29)/i1D3. The molecule has 33 heavy (non-hydrogen) atoms. The number of methoxy groups -OCH3 is 1. The zero-order valence-electron chi connectivity index (χ0n) is 20.9. The van der Waals surface area contributed by atoms with E-state index in [9.17, 15) is 4.39 Å². The van der Waals surface area contributed by atoms with E-state index in [0.29, 0.717) is 34.4 Å². The van der Waals surface area contributed by atoms with Crippen molar-refractivity contribution in [3.63, 3.8) is 0 Å². The maximum atomic E-state index is 13.6. The number of hydrogen-bond acceptors (Lipinski definition) is 7. The Kier molecular flexibility index (Phi) is 5.27. The summed E-state index contributed by atoms with van der Waals surface area (Å²) in [7, 11) is -2.65. The third-order valence-corrected chi connectivity index (χ3v) is 6.49. The summed E-state index contributed by atoms with van der Waals surface area (Å²) in [4.78, 5) is 11.0. The van der Waals surface area contributed by atoms with E-state index in [4.69, 9.17) is 29.9 Å². The fourth-order valence-electron chi connectivity index (χ4n) is 4.38. The van der Waals surface area contributed by atoms with Gasteiger partial charge in [0.2, 0.25) is 0 Å². The van der Waals surface area contributed by atoms with E-state index in [0.717, 1.165) is 45.7 Å². The number of aromatic nitrogens is 2. The summed E-state index contributed by atoms with van der Waals surface area (Å²) in [6.45, 7) is 5.03. The van der Waals surface area contributed by atoms with E-state index in [2.05, 4.69) is 20.2 Å². The summed E-state index contributed by atoms with van der Waals surface area (Å²) in [5, 5.41) is 3.66. The molecule has 0 bridgehead atoms. The molecular formula is C24H26ClFN4O3. The number of nitrogens with zero attached hydrogens (tertiary/aromatic N) is 3. The molecule has 2 saturated heterocycles. The van der Waals surface area contributed by atoms with Crippen molar-refractivity contribution in [2.75, 3.05) is 51.8 Å². The van der Waals surface area contributed by atoms with Gasteiger partial charge in [0.15, 0.2) is 11.5 Å². The maximum absolute atomic E-state index is 13.6. The number of benzene rings is 2. The Morgan fingerprint density at radius 1 is 1.27 bits per heavy atom. The van der Waals surface area contributed by atoms with Gasteiger partial charge in [0.1, 0.15) is 18.0 Å². The molecule has 7 nitrogen and oxygen atoms in total. The van der Waals surface area contributed by atoms with E-state index in [1.807, 2.05) is 0 Å². The molecule has 3 heterocycles. The third-order valence-electron chi connectivity index (χ3n) is 6.20. The van der Waals surface area contributed by atoms with Gasteiger partial charge >= 0.3 is 0 Å². The van der Waals surface area contributed by atoms with Crippen LogP contribution in [0.25, 0.3) is 10.9 Å². The van der Waals surface area contributed by atoms with E-state index < -0.39 is 12.9 Å². The molecule has 0 radical (unpaired) electrons. The molecule has 174 valence electrons. The molecule has 1 aromatic heterocycles. The van der Waals surface area contributed by atoms with Crippen LogP contribution in [0.1, 0.15) is 17.0 Å². The molecule has 0 aliphatic carbocycles. The number of hydrogen-bond donors (Lipinski definition) is 1. The highest BCUT2D eigenvalue weighted by Crippen LogP contribution is 2.38. The van der Waals surface area contributed by atoms with Crippen LogP contribution in [0, 0.1) is 11.2 Å². The fourth-order valence-corrected chi connectivity index (χ4v) is 4.56. The first kappa shape index (κ1) is 18.7. The van der Waals surface area contributed by atoms with Crippen molar-refractivity contribution in [2.45, 2.75) is 12.8 Å². The van der Waals surface area contributed by atoms with Crippen LogP contribution in [-0.4, -0.2) is 61.4 Å². The first-order chi connectivity index (χ1) is 17.2. The second-order valence-corrected chi connectivity index (χ2v) is 9.02. The minimum Gasteiger partial charge on any atom is -0.493 e. The van der Waals surface area contributed by atoms with Gasteiger partial charge in [-0.3, -0.25) is 0 Å². The second-order valence-electron chi connectivity index (χ2n) is 8.62. The predicted octanol–water partition coefficient (Wildman–Crippen LogP) is 4.67. The van der Waals surface area contributed by atoms with E-state index in [1.54, 1.807) is 6.07 Å². The van der Waals surface area contributed by atoms with Crippen molar-refractivity contribution >= 4 is 34.0 Å². The van der Waals surface area contributed by atoms with Crippen molar-refractivity contribution in [2.24, 2.45) is 5.41 Å². The topological polar surface area (TPSA) is 68.7 Å². The van der Waals surface area contributed by atoms with Crippen LogP contribution in [0.3, 0.4) is 0 Å². The van der Waals surface area contributed by atoms with E-state index >= 15 is 0 Å². The molecule has 0 amide bonds. The highest BCUT2D eigenvalue weighted by molar-refractivity contribution is 6.31. The van der Waals surface area contributed by atoms with Gasteiger partial charge < -0.3 is 24.4 Å². The molecule has 1 spiro atoms. The van der Waals surface area contributed by atoms with Crippen molar-refractivity contribution in [3.05, 3.63) is 47.5 Å². The molecule has 3 aromatic rings. The van der Waals surface area contributed by atoms with Crippen LogP contribution in [0.15, 0.2) is 36.7 Å². The van der Waals surface area contributed by atoms with Gasteiger partial charge in [-0.25, -0.2) is 14.4 Å². The number of nitrogens with one attached hydrogen (secondary N) is 1. The fraction of sp³-hybridized carbons (Fsp3) is 0.417. The minimum absolute atomic E-state index is 0.0236. The van der Waals surface area contributed by atoms with Crippen LogP contribution in [0.5, 0.6) is 11.5 Å². The van der Waals surface area contributed by atoms with Crippen molar-refractivity contribution in [1.82, 2.24) is 14.9 Å². The molecule has 0 atom stereocenters. The molecule has 9 heteroatoms. The van der Waals surface area contributed by atoms with Gasteiger partial charge in [0.05, 0.1) is 41.5 Å². The summed E-state index contributed by atoms with van der Waals surface area (Å²) in [5.41, 5.74) is 1.32. The van der Waals surface area contributed by atoms with Gasteiger partial charge in [0.25, 0.3) is 0 Å². The van der Waals surface area contributed by atoms with Gasteiger partial charge in [-0.05, 0) is 43.7 Å². The predicted molar refractivity (Wildman–Crippen MR) is 125 cm³/mol. The van der Waals surface area contributed by atoms with Gasteiger partial charge in [-0.2, -0.15) is 0 Å². The Morgan fingerprint density at radius 2 is 2.18 bits per heavy atom. The van der Waals surface area contributed by atoms with Crippen molar-refractivity contribution in [3.8, 4) is 11.5 Å². The first-order valence-corrected chi connectivity index (χ1v) is 11.2. The Labute approximate surface area is 201 Å². The summed E-state index contributed by atoms with van der Waals surface area (Å²) >= 11 is 5.90. The molecule has 2 aliphatic heterocycles. The third kappa shape index (κ3) is 4.69. The molecule has 1 N–H and O–H groups in total. The zero-order chi connectivity index (χ0) is 25.3. The summed E-state index contributed by atoms with van der Waals surface area (Å²) in [6.07, 6.45) is 3.27. The second kappa shape index (κ2) is 9.29. The Hall–Kier alpha value is -2.68. The lowest BCUT2D eigenvalue weighted by Crippen LogP contribution is -2.44. The Balaban J connectivity index is 1.34. The smallest absolute Gasteiger partial charge is 0.162 e. The molecule has 2 fully saturated rings. The van der Waals surface area contributed by atoms with Gasteiger partial charge in [0, 0.05) is 35.6 Å². The Morgan fingerprint density at radius 3 is 2.94 bits per heavy atom. The van der Waals surface area contributed by atoms with Crippen LogP contribution in [0.4, 0.5) is 15.9 Å². The quantitative estimate of drug-likeness (QED) is 0.475. The lowest BCUT2D eigenvalue weighted by molar-refractivity contribution is -0.105. The van der Waals surface area contributed by atoms with Gasteiger partial charge in [-0.1, -0.05) is 11.6 Å². The monoisotopic (exact) mass is 475 g/mol. The molecule has 5 rings (SSSR count). The number of rotatable bonds is 8. The molecule has 2 aromatic carbocycles. The average molecular weight is 476 g/mol. The largest absolute Gasteiger partial charge is 0.493 e. The molecule has 0 unspecified atom stereocenters. The molecule has 2 aliphatic rings. The van der Waals surface area contributed by atoms with Crippen LogP contribution in [0.2, 0.25) is 5.02 Å². The normalized spacial score (nSPS) is 19.0. The lowest BCUT2D eigenvalue weighted by Gasteiger charge is -2.37. The highest BCUT2D eigenvalue weighted by atomic mass is 35.5. The van der Waals surface area contributed by atoms with Crippen LogP contribution >= 0.6 is 11.6 Å².